The minimum atomic E-state index is -0.0812. The fraction of sp³-hybridized carbons (Fsp3) is 0.278. The Morgan fingerprint density at radius 2 is 1.86 bits per heavy atom. The van der Waals surface area contributed by atoms with E-state index < -0.39 is 0 Å². The largest absolute Gasteiger partial charge is 0.496 e. The number of para-hydroxylation sites is 1. The number of aryl methyl sites for hydroxylation is 1. The Balaban J connectivity index is 1.90. The quantitative estimate of drug-likeness (QED) is 0.820. The average molecular weight is 315 g/mol. The molecular weight excluding hydrogens is 294 g/mol. The molecule has 0 aliphatic heterocycles. The van der Waals surface area contributed by atoms with Crippen molar-refractivity contribution in [2.45, 2.75) is 24.8 Å². The van der Waals surface area contributed by atoms with Gasteiger partial charge in [-0.05, 0) is 32.0 Å². The van der Waals surface area contributed by atoms with Gasteiger partial charge in [-0.2, -0.15) is 0 Å². The van der Waals surface area contributed by atoms with Crippen LogP contribution in [0, 0.1) is 6.92 Å². The van der Waals surface area contributed by atoms with Gasteiger partial charge in [0.25, 0.3) is 0 Å². The smallest absolute Gasteiger partial charge is 0.230 e. The molecule has 0 bridgehead atoms. The van der Waals surface area contributed by atoms with Gasteiger partial charge in [0.1, 0.15) is 5.75 Å². The molecule has 0 aliphatic rings. The fourth-order valence-electron chi connectivity index (χ4n) is 2.17. The van der Waals surface area contributed by atoms with Gasteiger partial charge in [0.15, 0.2) is 0 Å². The van der Waals surface area contributed by atoms with Gasteiger partial charge in [-0.25, -0.2) is 0 Å². The van der Waals surface area contributed by atoms with Crippen LogP contribution in [0.4, 0.5) is 0 Å². The number of benzene rings is 2. The van der Waals surface area contributed by atoms with Crippen molar-refractivity contribution < 1.29 is 9.53 Å². The lowest BCUT2D eigenvalue weighted by Gasteiger charge is -2.17. The van der Waals surface area contributed by atoms with Crippen LogP contribution in [0.25, 0.3) is 0 Å². The summed E-state index contributed by atoms with van der Waals surface area (Å²) in [5.74, 6) is 1.22. The van der Waals surface area contributed by atoms with Crippen LogP contribution in [-0.4, -0.2) is 18.8 Å². The molecule has 3 nitrogen and oxygen atoms in total. The number of thioether (sulfide) groups is 1. The Morgan fingerprint density at radius 1 is 1.18 bits per heavy atom. The Morgan fingerprint density at radius 3 is 2.55 bits per heavy atom. The fourth-order valence-corrected chi connectivity index (χ4v) is 2.88. The van der Waals surface area contributed by atoms with E-state index in [1.54, 1.807) is 18.9 Å². The highest BCUT2D eigenvalue weighted by Gasteiger charge is 2.13. The van der Waals surface area contributed by atoms with Crippen molar-refractivity contribution in [3.63, 3.8) is 0 Å². The summed E-state index contributed by atoms with van der Waals surface area (Å²) in [5, 5.41) is 3.01. The van der Waals surface area contributed by atoms with Crippen LogP contribution >= 0.6 is 11.8 Å². The lowest BCUT2D eigenvalue weighted by Crippen LogP contribution is -2.28. The molecule has 0 spiro atoms. The van der Waals surface area contributed by atoms with Crippen molar-refractivity contribution in [1.29, 1.82) is 0 Å². The van der Waals surface area contributed by atoms with Crippen molar-refractivity contribution in [3.8, 4) is 5.75 Å². The van der Waals surface area contributed by atoms with Gasteiger partial charge >= 0.3 is 0 Å². The number of ether oxygens (including phenoxy) is 1. The number of methoxy groups -OCH3 is 1. The van der Waals surface area contributed by atoms with E-state index in [1.165, 1.54) is 5.56 Å². The van der Waals surface area contributed by atoms with E-state index in [4.69, 9.17) is 4.74 Å². The van der Waals surface area contributed by atoms with E-state index in [0.717, 1.165) is 16.2 Å². The van der Waals surface area contributed by atoms with Gasteiger partial charge in [-0.15, -0.1) is 11.8 Å². The molecule has 22 heavy (non-hydrogen) atoms. The van der Waals surface area contributed by atoms with Gasteiger partial charge in [0.2, 0.25) is 5.91 Å². The third kappa shape index (κ3) is 4.53. The highest BCUT2D eigenvalue weighted by Crippen LogP contribution is 2.24. The number of hydrogen-bond donors (Lipinski definition) is 1. The van der Waals surface area contributed by atoms with Crippen molar-refractivity contribution in [2.24, 2.45) is 0 Å². The van der Waals surface area contributed by atoms with Crippen LogP contribution in [0.15, 0.2) is 53.4 Å². The summed E-state index contributed by atoms with van der Waals surface area (Å²) < 4.78 is 5.33. The topological polar surface area (TPSA) is 38.3 Å². The van der Waals surface area contributed by atoms with Gasteiger partial charge < -0.3 is 10.1 Å². The molecule has 1 N–H and O–H groups in total. The molecule has 0 unspecified atom stereocenters. The lowest BCUT2D eigenvalue weighted by molar-refractivity contribution is -0.119. The number of hydrogen-bond acceptors (Lipinski definition) is 3. The second-order valence-electron chi connectivity index (χ2n) is 5.13. The minimum Gasteiger partial charge on any atom is -0.496 e. The zero-order chi connectivity index (χ0) is 15.9. The van der Waals surface area contributed by atoms with Crippen LogP contribution in [0.2, 0.25) is 0 Å². The van der Waals surface area contributed by atoms with Crippen LogP contribution in [0.3, 0.4) is 0 Å². The molecule has 0 saturated heterocycles. The molecule has 0 aliphatic carbocycles. The predicted octanol–water partition coefficient (Wildman–Crippen LogP) is 3.97. The maximum Gasteiger partial charge on any atom is 0.230 e. The van der Waals surface area contributed by atoms with Gasteiger partial charge in [-0.3, -0.25) is 4.79 Å². The molecule has 2 rings (SSSR count). The molecule has 0 radical (unpaired) electrons. The van der Waals surface area contributed by atoms with E-state index in [2.05, 4.69) is 24.4 Å². The Hall–Kier alpha value is -1.94. The zero-order valence-electron chi connectivity index (χ0n) is 13.1. The SMILES string of the molecule is COc1ccccc1[C@@H](C)NC(=O)CSc1ccc(C)cc1. The van der Waals surface area contributed by atoms with E-state index >= 15 is 0 Å². The molecule has 0 aromatic heterocycles. The van der Waals surface area contributed by atoms with Gasteiger partial charge in [-0.1, -0.05) is 35.9 Å². The zero-order valence-corrected chi connectivity index (χ0v) is 13.9. The average Bonchev–Trinajstić information content (AvgIpc) is 2.54. The first-order chi connectivity index (χ1) is 10.6. The standard InChI is InChI=1S/C18H21NO2S/c1-13-8-10-15(11-9-13)22-12-18(20)19-14(2)16-6-4-5-7-17(16)21-3/h4-11,14H,12H2,1-3H3,(H,19,20)/t14-/m1/s1. The molecule has 0 heterocycles. The second kappa shape index (κ2) is 7.90. The Labute approximate surface area is 136 Å². The Kier molecular flexibility index (Phi) is 5.90. The first-order valence-corrected chi connectivity index (χ1v) is 8.20. The van der Waals surface area contributed by atoms with Crippen molar-refractivity contribution in [1.82, 2.24) is 5.32 Å². The molecule has 0 saturated carbocycles. The highest BCUT2D eigenvalue weighted by atomic mass is 32.2. The molecule has 2 aromatic carbocycles. The summed E-state index contributed by atoms with van der Waals surface area (Å²) in [5.41, 5.74) is 2.21. The maximum atomic E-state index is 12.1. The second-order valence-corrected chi connectivity index (χ2v) is 6.18. The maximum absolute atomic E-state index is 12.1. The highest BCUT2D eigenvalue weighted by molar-refractivity contribution is 8.00. The van der Waals surface area contributed by atoms with Crippen LogP contribution < -0.4 is 10.1 Å². The summed E-state index contributed by atoms with van der Waals surface area (Å²) in [7, 11) is 1.64. The van der Waals surface area contributed by atoms with Crippen LogP contribution in [0.5, 0.6) is 5.75 Å². The molecule has 1 atom stereocenters. The number of rotatable bonds is 6. The number of carbonyl (C=O) groups is 1. The van der Waals surface area contributed by atoms with Gasteiger partial charge in [0.05, 0.1) is 18.9 Å². The van der Waals surface area contributed by atoms with Crippen molar-refractivity contribution >= 4 is 17.7 Å². The monoisotopic (exact) mass is 315 g/mol. The van der Waals surface area contributed by atoms with Gasteiger partial charge in [0, 0.05) is 10.5 Å². The molecule has 4 heteroatoms. The van der Waals surface area contributed by atoms with E-state index in [9.17, 15) is 4.79 Å². The van der Waals surface area contributed by atoms with Crippen LogP contribution in [-0.2, 0) is 4.79 Å². The number of nitrogens with one attached hydrogen (secondary N) is 1. The van der Waals surface area contributed by atoms with Crippen molar-refractivity contribution in [2.75, 3.05) is 12.9 Å². The first-order valence-electron chi connectivity index (χ1n) is 7.22. The third-order valence-corrected chi connectivity index (χ3v) is 4.39. The summed E-state index contributed by atoms with van der Waals surface area (Å²) in [6, 6.07) is 15.8. The first kappa shape index (κ1) is 16.4. The predicted molar refractivity (Wildman–Crippen MR) is 91.5 cm³/mol. The van der Waals surface area contributed by atoms with E-state index in [-0.39, 0.29) is 11.9 Å². The summed E-state index contributed by atoms with van der Waals surface area (Å²) >= 11 is 1.54. The Bertz CT molecular complexity index is 625. The summed E-state index contributed by atoms with van der Waals surface area (Å²) in [4.78, 5) is 13.2. The van der Waals surface area contributed by atoms with E-state index in [1.807, 2.05) is 43.3 Å². The van der Waals surface area contributed by atoms with E-state index in [0.29, 0.717) is 5.75 Å². The number of carbonyl (C=O) groups excluding carboxylic acids is 1. The summed E-state index contributed by atoms with van der Waals surface area (Å²) in [6.45, 7) is 4.02. The summed E-state index contributed by atoms with van der Waals surface area (Å²) in [6.07, 6.45) is 0. The third-order valence-electron chi connectivity index (χ3n) is 3.37. The van der Waals surface area contributed by atoms with Crippen LogP contribution in [0.1, 0.15) is 24.1 Å². The normalized spacial score (nSPS) is 11.8. The van der Waals surface area contributed by atoms with Crippen molar-refractivity contribution in [3.05, 3.63) is 59.7 Å². The molecule has 0 fully saturated rings. The molecule has 1 amide bonds. The molecular formula is C18H21NO2S. The number of amides is 1. The molecule has 2 aromatic rings. The lowest BCUT2D eigenvalue weighted by atomic mass is 10.1. The molecule has 116 valence electrons. The minimum absolute atomic E-state index is 0.0176.